The standard InChI is InChI=1S/C32H40N2O9/c1-18(2)12-27(37)34(10-8-20-15-21(40-3)6-7-25(20)41-4)24-16-23(32(39)33-9-11-35)28-22-13-19(17-36)14-26(42-5)30(22)43-31(28)29(24)38/h6-7,12-16,24,28-29,31,35-36,38H,8-11,17H2,1-5H3,(H,33,39)/t24-,28+,29+,31+/m1/s1. The van der Waals surface area contributed by atoms with Gasteiger partial charge in [0.1, 0.15) is 23.7 Å². The van der Waals surface area contributed by atoms with Gasteiger partial charge in [-0.15, -0.1) is 0 Å². The number of carbonyl (C=O) groups is 2. The molecule has 11 heteroatoms. The predicted octanol–water partition coefficient (Wildman–Crippen LogP) is 1.86. The van der Waals surface area contributed by atoms with Crippen molar-refractivity contribution in [1.29, 1.82) is 0 Å². The lowest BCUT2D eigenvalue weighted by Gasteiger charge is -2.40. The van der Waals surface area contributed by atoms with E-state index < -0.39 is 30.1 Å². The quantitative estimate of drug-likeness (QED) is 0.270. The molecule has 0 saturated carbocycles. The van der Waals surface area contributed by atoms with Crippen molar-refractivity contribution in [2.24, 2.45) is 0 Å². The molecule has 4 atom stereocenters. The molecule has 1 aliphatic carbocycles. The molecule has 0 saturated heterocycles. The van der Waals surface area contributed by atoms with Crippen LogP contribution >= 0.6 is 0 Å². The average molecular weight is 597 g/mol. The van der Waals surface area contributed by atoms with Crippen molar-refractivity contribution in [3.63, 3.8) is 0 Å². The average Bonchev–Trinajstić information content (AvgIpc) is 3.39. The molecule has 0 fully saturated rings. The van der Waals surface area contributed by atoms with Gasteiger partial charge in [0.15, 0.2) is 11.5 Å². The number of aliphatic hydroxyl groups excluding tert-OH is 3. The summed E-state index contributed by atoms with van der Waals surface area (Å²) in [7, 11) is 4.60. The summed E-state index contributed by atoms with van der Waals surface area (Å²) in [5.74, 6) is 0.464. The summed E-state index contributed by atoms with van der Waals surface area (Å²) in [6.45, 7) is 3.28. The Morgan fingerprint density at radius 1 is 1.05 bits per heavy atom. The van der Waals surface area contributed by atoms with E-state index in [1.54, 1.807) is 58.4 Å². The molecule has 0 aromatic heterocycles. The molecule has 4 N–H and O–H groups in total. The highest BCUT2D eigenvalue weighted by Gasteiger charge is 2.51. The Bertz CT molecular complexity index is 1400. The third-order valence-electron chi connectivity index (χ3n) is 7.66. The number of nitrogens with one attached hydrogen (secondary N) is 1. The molecule has 11 nitrogen and oxygen atoms in total. The van der Waals surface area contributed by atoms with E-state index in [9.17, 15) is 24.9 Å². The summed E-state index contributed by atoms with van der Waals surface area (Å²) in [4.78, 5) is 28.7. The maximum Gasteiger partial charge on any atom is 0.247 e. The maximum absolute atomic E-state index is 13.7. The first-order valence-electron chi connectivity index (χ1n) is 14.1. The summed E-state index contributed by atoms with van der Waals surface area (Å²) < 4.78 is 22.7. The third kappa shape index (κ3) is 6.64. The summed E-state index contributed by atoms with van der Waals surface area (Å²) in [6, 6.07) is 7.84. The van der Waals surface area contributed by atoms with Crippen molar-refractivity contribution >= 4 is 11.8 Å². The Kier molecular flexibility index (Phi) is 10.3. The molecular formula is C32H40N2O9. The zero-order valence-electron chi connectivity index (χ0n) is 25.1. The van der Waals surface area contributed by atoms with E-state index >= 15 is 0 Å². The van der Waals surface area contributed by atoms with Gasteiger partial charge in [0.2, 0.25) is 11.8 Å². The molecule has 1 heterocycles. The molecule has 232 valence electrons. The maximum atomic E-state index is 13.7. The zero-order valence-corrected chi connectivity index (χ0v) is 25.1. The first kappa shape index (κ1) is 31.9. The Morgan fingerprint density at radius 3 is 2.42 bits per heavy atom. The number of aliphatic hydroxyl groups is 3. The minimum atomic E-state index is -1.23. The predicted molar refractivity (Wildman–Crippen MR) is 158 cm³/mol. The van der Waals surface area contributed by atoms with Gasteiger partial charge in [0, 0.05) is 30.3 Å². The van der Waals surface area contributed by atoms with Crippen molar-refractivity contribution < 1.29 is 43.9 Å². The summed E-state index contributed by atoms with van der Waals surface area (Å²) >= 11 is 0. The Morgan fingerprint density at radius 2 is 1.79 bits per heavy atom. The lowest BCUT2D eigenvalue weighted by Crippen LogP contribution is -2.56. The number of amides is 2. The van der Waals surface area contributed by atoms with Crippen molar-refractivity contribution in [3.05, 3.63) is 70.3 Å². The molecule has 43 heavy (non-hydrogen) atoms. The van der Waals surface area contributed by atoms with Crippen molar-refractivity contribution in [2.75, 3.05) is 41.0 Å². The smallest absolute Gasteiger partial charge is 0.247 e. The lowest BCUT2D eigenvalue weighted by atomic mass is 9.77. The molecule has 0 unspecified atom stereocenters. The van der Waals surface area contributed by atoms with Crippen LogP contribution in [0.2, 0.25) is 0 Å². The third-order valence-corrected chi connectivity index (χ3v) is 7.66. The van der Waals surface area contributed by atoms with Crippen molar-refractivity contribution in [3.8, 4) is 23.0 Å². The van der Waals surface area contributed by atoms with Crippen molar-refractivity contribution in [1.82, 2.24) is 10.2 Å². The highest BCUT2D eigenvalue weighted by atomic mass is 16.5. The minimum absolute atomic E-state index is 0.0184. The van der Waals surface area contributed by atoms with E-state index in [-0.39, 0.29) is 37.8 Å². The van der Waals surface area contributed by atoms with Crippen molar-refractivity contribution in [2.45, 2.75) is 51.0 Å². The second kappa shape index (κ2) is 13.9. The molecule has 4 rings (SSSR count). The number of nitrogens with zero attached hydrogens (tertiary/aromatic N) is 1. The van der Waals surface area contributed by atoms with Gasteiger partial charge < -0.3 is 44.5 Å². The minimum Gasteiger partial charge on any atom is -0.497 e. The highest BCUT2D eigenvalue weighted by Crippen LogP contribution is 2.51. The molecule has 1 aliphatic heterocycles. The monoisotopic (exact) mass is 596 g/mol. The summed E-state index contributed by atoms with van der Waals surface area (Å²) in [6.07, 6.45) is 1.30. The van der Waals surface area contributed by atoms with E-state index in [0.29, 0.717) is 40.5 Å². The van der Waals surface area contributed by atoms with Gasteiger partial charge in [0.05, 0.1) is 46.5 Å². The number of hydrogen-bond acceptors (Lipinski definition) is 9. The van der Waals surface area contributed by atoms with Crippen LogP contribution in [0.4, 0.5) is 0 Å². The van der Waals surface area contributed by atoms with Crippen LogP contribution in [0.1, 0.15) is 36.5 Å². The Balaban J connectivity index is 1.80. The number of fused-ring (bicyclic) bond motifs is 3. The largest absolute Gasteiger partial charge is 0.497 e. The number of rotatable bonds is 12. The second-order valence-electron chi connectivity index (χ2n) is 10.7. The van der Waals surface area contributed by atoms with Crippen LogP contribution in [-0.4, -0.2) is 91.3 Å². The summed E-state index contributed by atoms with van der Waals surface area (Å²) in [5, 5.41) is 33.8. The molecule has 0 radical (unpaired) electrons. The van der Waals surface area contributed by atoms with Crippen LogP contribution in [0.5, 0.6) is 23.0 Å². The number of benzene rings is 2. The van der Waals surface area contributed by atoms with E-state index in [1.807, 2.05) is 6.07 Å². The normalized spacial score (nSPS) is 20.1. The van der Waals surface area contributed by atoms with Gasteiger partial charge in [-0.3, -0.25) is 9.59 Å². The molecule has 2 aromatic carbocycles. The van der Waals surface area contributed by atoms with Gasteiger partial charge in [0.25, 0.3) is 0 Å². The van der Waals surface area contributed by atoms with Gasteiger partial charge in [-0.25, -0.2) is 0 Å². The van der Waals surface area contributed by atoms with Crippen LogP contribution in [-0.2, 0) is 22.6 Å². The number of allylic oxidation sites excluding steroid dienone is 1. The summed E-state index contributed by atoms with van der Waals surface area (Å²) in [5.41, 5.74) is 2.99. The van der Waals surface area contributed by atoms with Gasteiger partial charge in [-0.2, -0.15) is 0 Å². The number of carbonyl (C=O) groups excluding carboxylic acids is 2. The molecular weight excluding hydrogens is 556 g/mol. The fourth-order valence-electron chi connectivity index (χ4n) is 5.67. The van der Waals surface area contributed by atoms with Crippen LogP contribution in [0.15, 0.2) is 53.6 Å². The second-order valence-corrected chi connectivity index (χ2v) is 10.7. The van der Waals surface area contributed by atoms with Crippen LogP contribution < -0.4 is 24.3 Å². The van der Waals surface area contributed by atoms with Gasteiger partial charge in [-0.1, -0.05) is 5.57 Å². The van der Waals surface area contributed by atoms with E-state index in [1.165, 1.54) is 18.1 Å². The van der Waals surface area contributed by atoms with Crippen LogP contribution in [0.3, 0.4) is 0 Å². The number of hydrogen-bond donors (Lipinski definition) is 4. The van der Waals surface area contributed by atoms with Crippen LogP contribution in [0, 0.1) is 0 Å². The SMILES string of the molecule is COc1ccc(OC)c(CCN(C(=O)C=C(C)C)[C@@H]2C=C(C(=O)NCCO)[C@@H]3c4cc(CO)cc(OC)c4O[C@@H]3[C@H]2O)c1. The van der Waals surface area contributed by atoms with Gasteiger partial charge in [-0.05, 0) is 67.8 Å². The lowest BCUT2D eigenvalue weighted by molar-refractivity contribution is -0.132. The molecule has 0 spiro atoms. The Hall–Kier alpha value is -4.06. The topological polar surface area (TPSA) is 147 Å². The number of ether oxygens (including phenoxy) is 4. The fourth-order valence-corrected chi connectivity index (χ4v) is 5.67. The zero-order chi connectivity index (χ0) is 31.3. The highest BCUT2D eigenvalue weighted by molar-refractivity contribution is 5.96. The molecule has 2 aliphatic rings. The molecule has 2 amide bonds. The van der Waals surface area contributed by atoms with Gasteiger partial charge >= 0.3 is 0 Å². The van der Waals surface area contributed by atoms with Crippen LogP contribution in [0.25, 0.3) is 0 Å². The Labute approximate surface area is 251 Å². The first-order valence-corrected chi connectivity index (χ1v) is 14.1. The molecule has 0 bridgehead atoms. The fraction of sp³-hybridized carbons (Fsp3) is 0.438. The van der Waals surface area contributed by atoms with E-state index in [2.05, 4.69) is 5.32 Å². The first-order chi connectivity index (χ1) is 20.7. The molecule has 2 aromatic rings. The number of methoxy groups -OCH3 is 3. The van der Waals surface area contributed by atoms with E-state index in [4.69, 9.17) is 18.9 Å². The van der Waals surface area contributed by atoms with E-state index in [0.717, 1.165) is 11.1 Å².